The van der Waals surface area contributed by atoms with Gasteiger partial charge < -0.3 is 10.2 Å². The minimum absolute atomic E-state index is 0.179. The van der Waals surface area contributed by atoms with Crippen molar-refractivity contribution in [1.82, 2.24) is 9.78 Å². The molecule has 0 unspecified atom stereocenters. The van der Waals surface area contributed by atoms with Crippen molar-refractivity contribution in [3.8, 4) is 0 Å². The van der Waals surface area contributed by atoms with Crippen molar-refractivity contribution in [3.63, 3.8) is 0 Å². The number of rotatable bonds is 5. The van der Waals surface area contributed by atoms with Crippen molar-refractivity contribution < 1.29 is 4.79 Å². The molecule has 2 aromatic carbocycles. The van der Waals surface area contributed by atoms with Gasteiger partial charge in [0.1, 0.15) is 0 Å². The number of carbonyl (C=O) groups is 1. The lowest BCUT2D eigenvalue weighted by molar-refractivity contribution is 0.102. The Morgan fingerprint density at radius 2 is 1.66 bits per heavy atom. The molecule has 4 rings (SSSR count). The smallest absolute Gasteiger partial charge is 0.276 e. The number of aromatic nitrogens is 2. The van der Waals surface area contributed by atoms with Crippen LogP contribution in [0.4, 0.5) is 11.4 Å². The quantitative estimate of drug-likeness (QED) is 0.684. The Balaban J connectivity index is 1.41. The third-order valence-electron chi connectivity index (χ3n) is 5.51. The zero-order valence-corrected chi connectivity index (χ0v) is 17.2. The SMILES string of the molecule is Cc1ccc(Cn2nc(C(=O)Nc3ccc(N4CCCCC4)cc3)cc2C)cc1. The van der Waals surface area contributed by atoms with Crippen LogP contribution in [-0.4, -0.2) is 28.8 Å². The number of benzene rings is 2. The minimum atomic E-state index is -0.179. The summed E-state index contributed by atoms with van der Waals surface area (Å²) in [5.74, 6) is -0.179. The van der Waals surface area contributed by atoms with E-state index in [2.05, 4.69) is 58.6 Å². The fraction of sp³-hybridized carbons (Fsp3) is 0.333. The second-order valence-electron chi connectivity index (χ2n) is 7.86. The highest BCUT2D eigenvalue weighted by Gasteiger charge is 2.14. The van der Waals surface area contributed by atoms with E-state index in [-0.39, 0.29) is 5.91 Å². The summed E-state index contributed by atoms with van der Waals surface area (Å²) in [6.45, 7) is 6.94. The van der Waals surface area contributed by atoms with Gasteiger partial charge in [0.2, 0.25) is 0 Å². The van der Waals surface area contributed by atoms with Crippen LogP contribution in [0.15, 0.2) is 54.6 Å². The molecule has 1 amide bonds. The number of anilines is 2. The molecule has 0 atom stereocenters. The summed E-state index contributed by atoms with van der Waals surface area (Å²) in [6, 6.07) is 18.3. The normalized spacial score (nSPS) is 14.1. The minimum Gasteiger partial charge on any atom is -0.372 e. The molecule has 29 heavy (non-hydrogen) atoms. The van der Waals surface area contributed by atoms with E-state index in [1.165, 1.54) is 36.1 Å². The number of hydrogen-bond donors (Lipinski definition) is 1. The third kappa shape index (κ3) is 4.67. The van der Waals surface area contributed by atoms with Crippen LogP contribution >= 0.6 is 0 Å². The Morgan fingerprint density at radius 1 is 0.966 bits per heavy atom. The highest BCUT2D eigenvalue weighted by atomic mass is 16.1. The molecule has 0 radical (unpaired) electrons. The van der Waals surface area contributed by atoms with Gasteiger partial charge in [-0.1, -0.05) is 29.8 Å². The molecule has 5 heteroatoms. The summed E-state index contributed by atoms with van der Waals surface area (Å²) in [4.78, 5) is 15.1. The van der Waals surface area contributed by atoms with E-state index >= 15 is 0 Å². The first kappa shape index (κ1) is 19.2. The van der Waals surface area contributed by atoms with E-state index in [9.17, 15) is 4.79 Å². The second kappa shape index (κ2) is 8.52. The molecular formula is C24H28N4O. The van der Waals surface area contributed by atoms with Gasteiger partial charge in [-0.25, -0.2) is 0 Å². The summed E-state index contributed by atoms with van der Waals surface area (Å²) in [6.07, 6.45) is 3.83. The van der Waals surface area contributed by atoms with Gasteiger partial charge in [-0.15, -0.1) is 0 Å². The largest absolute Gasteiger partial charge is 0.372 e. The van der Waals surface area contributed by atoms with Gasteiger partial charge in [0.15, 0.2) is 5.69 Å². The summed E-state index contributed by atoms with van der Waals surface area (Å²) >= 11 is 0. The predicted molar refractivity (Wildman–Crippen MR) is 118 cm³/mol. The number of nitrogens with one attached hydrogen (secondary N) is 1. The van der Waals surface area contributed by atoms with Crippen LogP contribution in [0.25, 0.3) is 0 Å². The zero-order valence-electron chi connectivity index (χ0n) is 17.2. The van der Waals surface area contributed by atoms with Crippen molar-refractivity contribution >= 4 is 17.3 Å². The van der Waals surface area contributed by atoms with Gasteiger partial charge in [0.05, 0.1) is 6.54 Å². The number of aryl methyl sites for hydroxylation is 2. The monoisotopic (exact) mass is 388 g/mol. The Kier molecular flexibility index (Phi) is 5.65. The molecule has 0 saturated carbocycles. The van der Waals surface area contributed by atoms with Gasteiger partial charge in [0.25, 0.3) is 5.91 Å². The molecule has 1 aliphatic rings. The number of piperidine rings is 1. The van der Waals surface area contributed by atoms with E-state index in [1.54, 1.807) is 0 Å². The van der Waals surface area contributed by atoms with Crippen LogP contribution < -0.4 is 10.2 Å². The predicted octanol–water partition coefficient (Wildman–Crippen LogP) is 4.79. The van der Waals surface area contributed by atoms with Gasteiger partial charge in [-0.2, -0.15) is 5.10 Å². The lowest BCUT2D eigenvalue weighted by Crippen LogP contribution is -2.29. The Hall–Kier alpha value is -3.08. The van der Waals surface area contributed by atoms with Crippen LogP contribution in [-0.2, 0) is 6.54 Å². The number of nitrogens with zero attached hydrogens (tertiary/aromatic N) is 3. The van der Waals surface area contributed by atoms with Crippen molar-refractivity contribution in [2.24, 2.45) is 0 Å². The summed E-state index contributed by atoms with van der Waals surface area (Å²) in [7, 11) is 0. The van der Waals surface area contributed by atoms with Crippen LogP contribution in [0.2, 0.25) is 0 Å². The standard InChI is InChI=1S/C24H28N4O/c1-18-6-8-20(9-7-18)17-28-19(2)16-23(26-28)24(29)25-21-10-12-22(13-11-21)27-14-4-3-5-15-27/h6-13,16H,3-5,14-15,17H2,1-2H3,(H,25,29). The maximum absolute atomic E-state index is 12.7. The summed E-state index contributed by atoms with van der Waals surface area (Å²) in [5.41, 5.74) is 5.83. The van der Waals surface area contributed by atoms with Crippen molar-refractivity contribution in [1.29, 1.82) is 0 Å². The zero-order chi connectivity index (χ0) is 20.2. The molecule has 1 saturated heterocycles. The van der Waals surface area contributed by atoms with Crippen molar-refractivity contribution in [2.75, 3.05) is 23.3 Å². The summed E-state index contributed by atoms with van der Waals surface area (Å²) in [5, 5.41) is 7.48. The first-order valence-corrected chi connectivity index (χ1v) is 10.3. The molecule has 1 fully saturated rings. The molecule has 2 heterocycles. The first-order chi connectivity index (χ1) is 14.1. The van der Waals surface area contributed by atoms with Gasteiger partial charge >= 0.3 is 0 Å². The van der Waals surface area contributed by atoms with Gasteiger partial charge in [0, 0.05) is 30.2 Å². The van der Waals surface area contributed by atoms with Crippen molar-refractivity contribution in [2.45, 2.75) is 39.7 Å². The van der Waals surface area contributed by atoms with Crippen LogP contribution in [0, 0.1) is 13.8 Å². The Labute approximate surface area is 172 Å². The molecule has 0 aliphatic carbocycles. The van der Waals surface area contributed by atoms with E-state index in [0.29, 0.717) is 12.2 Å². The van der Waals surface area contributed by atoms with Crippen LogP contribution in [0.1, 0.15) is 46.6 Å². The molecule has 1 aliphatic heterocycles. The molecular weight excluding hydrogens is 360 g/mol. The highest BCUT2D eigenvalue weighted by molar-refractivity contribution is 6.03. The average Bonchev–Trinajstić information content (AvgIpc) is 3.11. The molecule has 1 N–H and O–H groups in total. The highest BCUT2D eigenvalue weighted by Crippen LogP contribution is 2.22. The number of amides is 1. The molecule has 5 nitrogen and oxygen atoms in total. The second-order valence-corrected chi connectivity index (χ2v) is 7.86. The number of carbonyl (C=O) groups excluding carboxylic acids is 1. The average molecular weight is 389 g/mol. The van der Waals surface area contributed by atoms with E-state index < -0.39 is 0 Å². The Morgan fingerprint density at radius 3 is 2.34 bits per heavy atom. The lowest BCUT2D eigenvalue weighted by Gasteiger charge is -2.28. The molecule has 1 aromatic heterocycles. The van der Waals surface area contributed by atoms with E-state index in [1.807, 2.05) is 29.8 Å². The fourth-order valence-electron chi connectivity index (χ4n) is 3.75. The number of hydrogen-bond acceptors (Lipinski definition) is 3. The van der Waals surface area contributed by atoms with Crippen LogP contribution in [0.3, 0.4) is 0 Å². The maximum Gasteiger partial charge on any atom is 0.276 e. The van der Waals surface area contributed by atoms with E-state index in [4.69, 9.17) is 0 Å². The molecule has 0 bridgehead atoms. The van der Waals surface area contributed by atoms with Gasteiger partial charge in [-0.05, 0) is 69.0 Å². The van der Waals surface area contributed by atoms with Crippen LogP contribution in [0.5, 0.6) is 0 Å². The molecule has 3 aromatic rings. The van der Waals surface area contributed by atoms with E-state index in [0.717, 1.165) is 24.5 Å². The van der Waals surface area contributed by atoms with Gasteiger partial charge in [-0.3, -0.25) is 9.48 Å². The fourth-order valence-corrected chi connectivity index (χ4v) is 3.75. The molecule has 0 spiro atoms. The first-order valence-electron chi connectivity index (χ1n) is 10.3. The summed E-state index contributed by atoms with van der Waals surface area (Å²) < 4.78 is 1.87. The topological polar surface area (TPSA) is 50.2 Å². The Bertz CT molecular complexity index is 967. The lowest BCUT2D eigenvalue weighted by atomic mass is 10.1. The third-order valence-corrected chi connectivity index (χ3v) is 5.51. The maximum atomic E-state index is 12.7. The van der Waals surface area contributed by atoms with Crippen molar-refractivity contribution in [3.05, 3.63) is 77.1 Å². The molecule has 150 valence electrons.